The molecule has 0 saturated heterocycles. The zero-order chi connectivity index (χ0) is 12.4. The summed E-state index contributed by atoms with van der Waals surface area (Å²) in [4.78, 5) is 4.58. The second-order valence-electron chi connectivity index (χ2n) is 4.89. The van der Waals surface area contributed by atoms with Crippen molar-refractivity contribution >= 4 is 0 Å². The maximum Gasteiger partial charge on any atom is 0.195 e. The number of rotatable bonds is 3. The van der Waals surface area contributed by atoms with Gasteiger partial charge in [0.05, 0.1) is 12.2 Å². The first kappa shape index (κ1) is 11.5. The lowest BCUT2D eigenvalue weighted by Crippen LogP contribution is -2.22. The minimum absolute atomic E-state index is 0.826. The van der Waals surface area contributed by atoms with Crippen LogP contribution < -0.4 is 5.32 Å². The SMILES string of the molecule is Cc1cccc(CCc2nc3c(o2)CNCC3)c1. The van der Waals surface area contributed by atoms with Gasteiger partial charge in [-0.2, -0.15) is 0 Å². The van der Waals surface area contributed by atoms with Gasteiger partial charge in [-0.3, -0.25) is 0 Å². The molecule has 0 amide bonds. The van der Waals surface area contributed by atoms with Crippen LogP contribution in [0.1, 0.15) is 28.5 Å². The second kappa shape index (κ2) is 4.94. The van der Waals surface area contributed by atoms with Crippen LogP contribution in [0.2, 0.25) is 0 Å². The minimum Gasteiger partial charge on any atom is -0.444 e. The van der Waals surface area contributed by atoms with Crippen LogP contribution in [0, 0.1) is 6.92 Å². The summed E-state index contributed by atoms with van der Waals surface area (Å²) < 4.78 is 5.78. The normalized spacial score (nSPS) is 14.5. The Hall–Kier alpha value is -1.61. The summed E-state index contributed by atoms with van der Waals surface area (Å²) in [7, 11) is 0. The molecule has 3 heteroatoms. The van der Waals surface area contributed by atoms with Gasteiger partial charge in [0.25, 0.3) is 0 Å². The second-order valence-corrected chi connectivity index (χ2v) is 4.89. The summed E-state index contributed by atoms with van der Waals surface area (Å²) in [5.41, 5.74) is 3.81. The quantitative estimate of drug-likeness (QED) is 0.898. The zero-order valence-corrected chi connectivity index (χ0v) is 10.7. The third kappa shape index (κ3) is 2.46. The van der Waals surface area contributed by atoms with Crippen LogP contribution in [0.5, 0.6) is 0 Å². The number of fused-ring (bicyclic) bond motifs is 1. The summed E-state index contributed by atoms with van der Waals surface area (Å²) >= 11 is 0. The molecule has 0 aliphatic carbocycles. The van der Waals surface area contributed by atoms with Crippen LogP contribution in [0.15, 0.2) is 28.7 Å². The monoisotopic (exact) mass is 242 g/mol. The molecule has 0 unspecified atom stereocenters. The Kier molecular flexibility index (Phi) is 3.15. The van der Waals surface area contributed by atoms with Gasteiger partial charge in [-0.05, 0) is 18.9 Å². The Morgan fingerprint density at radius 2 is 2.28 bits per heavy atom. The Balaban J connectivity index is 1.68. The van der Waals surface area contributed by atoms with E-state index in [4.69, 9.17) is 4.42 Å². The van der Waals surface area contributed by atoms with Gasteiger partial charge in [-0.25, -0.2) is 4.98 Å². The Morgan fingerprint density at radius 3 is 3.11 bits per heavy atom. The van der Waals surface area contributed by atoms with Crippen molar-refractivity contribution in [3.63, 3.8) is 0 Å². The van der Waals surface area contributed by atoms with E-state index in [0.29, 0.717) is 0 Å². The van der Waals surface area contributed by atoms with Crippen LogP contribution in [0.25, 0.3) is 0 Å². The van der Waals surface area contributed by atoms with E-state index in [1.807, 2.05) is 0 Å². The molecular formula is C15H18N2O. The minimum atomic E-state index is 0.826. The number of aromatic nitrogens is 1. The predicted molar refractivity (Wildman–Crippen MR) is 70.5 cm³/mol. The van der Waals surface area contributed by atoms with Crippen molar-refractivity contribution in [1.29, 1.82) is 0 Å². The zero-order valence-electron chi connectivity index (χ0n) is 10.7. The van der Waals surface area contributed by atoms with Crippen LogP contribution in [-0.4, -0.2) is 11.5 Å². The number of nitrogens with one attached hydrogen (secondary N) is 1. The van der Waals surface area contributed by atoms with Crippen molar-refractivity contribution in [2.45, 2.75) is 32.7 Å². The highest BCUT2D eigenvalue weighted by Crippen LogP contribution is 2.16. The summed E-state index contributed by atoms with van der Waals surface area (Å²) in [6, 6.07) is 8.62. The predicted octanol–water partition coefficient (Wildman–Crippen LogP) is 2.41. The highest BCUT2D eigenvalue weighted by atomic mass is 16.4. The molecule has 0 saturated carbocycles. The molecule has 0 radical (unpaired) electrons. The summed E-state index contributed by atoms with van der Waals surface area (Å²) in [6.07, 6.45) is 2.87. The van der Waals surface area contributed by atoms with Gasteiger partial charge in [-0.1, -0.05) is 29.8 Å². The first-order valence-corrected chi connectivity index (χ1v) is 6.55. The van der Waals surface area contributed by atoms with Crippen molar-refractivity contribution in [1.82, 2.24) is 10.3 Å². The van der Waals surface area contributed by atoms with Gasteiger partial charge >= 0.3 is 0 Å². The molecule has 2 aromatic rings. The molecule has 1 aliphatic heterocycles. The maximum absolute atomic E-state index is 5.78. The third-order valence-corrected chi connectivity index (χ3v) is 3.36. The van der Waals surface area contributed by atoms with E-state index < -0.39 is 0 Å². The topological polar surface area (TPSA) is 38.1 Å². The van der Waals surface area contributed by atoms with E-state index in [0.717, 1.165) is 49.7 Å². The summed E-state index contributed by atoms with van der Waals surface area (Å²) in [5, 5.41) is 3.30. The number of hydrogen-bond donors (Lipinski definition) is 1. The number of nitrogens with zero attached hydrogens (tertiary/aromatic N) is 1. The molecule has 0 atom stereocenters. The van der Waals surface area contributed by atoms with Crippen molar-refractivity contribution in [2.24, 2.45) is 0 Å². The fourth-order valence-electron chi connectivity index (χ4n) is 2.40. The first-order valence-electron chi connectivity index (χ1n) is 6.55. The lowest BCUT2D eigenvalue weighted by atomic mass is 10.1. The molecule has 1 N–H and O–H groups in total. The highest BCUT2D eigenvalue weighted by Gasteiger charge is 2.16. The standard InChI is InChI=1S/C15H18N2O/c1-11-3-2-4-12(9-11)5-6-15-17-13-7-8-16-10-14(13)18-15/h2-4,9,16H,5-8,10H2,1H3. The Morgan fingerprint density at radius 1 is 1.33 bits per heavy atom. The molecule has 3 rings (SSSR count). The van der Waals surface area contributed by atoms with E-state index in [1.54, 1.807) is 0 Å². The fraction of sp³-hybridized carbons (Fsp3) is 0.400. The van der Waals surface area contributed by atoms with Crippen molar-refractivity contribution in [3.8, 4) is 0 Å². The molecule has 2 heterocycles. The van der Waals surface area contributed by atoms with E-state index in [2.05, 4.69) is 41.5 Å². The van der Waals surface area contributed by atoms with Gasteiger partial charge < -0.3 is 9.73 Å². The van der Waals surface area contributed by atoms with Gasteiger partial charge in [-0.15, -0.1) is 0 Å². The van der Waals surface area contributed by atoms with E-state index >= 15 is 0 Å². The maximum atomic E-state index is 5.78. The number of aryl methyl sites for hydroxylation is 3. The van der Waals surface area contributed by atoms with E-state index in [9.17, 15) is 0 Å². The average molecular weight is 242 g/mol. The fourth-order valence-corrected chi connectivity index (χ4v) is 2.40. The van der Waals surface area contributed by atoms with Crippen molar-refractivity contribution in [2.75, 3.05) is 6.54 Å². The van der Waals surface area contributed by atoms with Crippen molar-refractivity contribution < 1.29 is 4.42 Å². The number of benzene rings is 1. The van der Waals surface area contributed by atoms with Crippen LogP contribution in [-0.2, 0) is 25.8 Å². The smallest absolute Gasteiger partial charge is 0.195 e. The lowest BCUT2D eigenvalue weighted by Gasteiger charge is -2.08. The Labute approximate surface area is 107 Å². The molecular weight excluding hydrogens is 224 g/mol. The molecule has 0 bridgehead atoms. The van der Waals surface area contributed by atoms with Gasteiger partial charge in [0.2, 0.25) is 0 Å². The van der Waals surface area contributed by atoms with Gasteiger partial charge in [0.1, 0.15) is 5.76 Å². The summed E-state index contributed by atoms with van der Waals surface area (Å²) in [6.45, 7) is 3.96. The van der Waals surface area contributed by atoms with Gasteiger partial charge in [0.15, 0.2) is 5.89 Å². The first-order chi connectivity index (χ1) is 8.81. The number of hydrogen-bond acceptors (Lipinski definition) is 3. The highest BCUT2D eigenvalue weighted by molar-refractivity contribution is 5.23. The van der Waals surface area contributed by atoms with E-state index in [-0.39, 0.29) is 0 Å². The summed E-state index contributed by atoms with van der Waals surface area (Å²) in [5.74, 6) is 1.91. The molecule has 1 aromatic heterocycles. The van der Waals surface area contributed by atoms with Crippen LogP contribution >= 0.6 is 0 Å². The molecule has 0 spiro atoms. The molecule has 94 valence electrons. The average Bonchev–Trinajstić information content (AvgIpc) is 2.79. The lowest BCUT2D eigenvalue weighted by molar-refractivity contribution is 0.428. The van der Waals surface area contributed by atoms with Crippen LogP contribution in [0.4, 0.5) is 0 Å². The van der Waals surface area contributed by atoms with Crippen LogP contribution in [0.3, 0.4) is 0 Å². The van der Waals surface area contributed by atoms with E-state index in [1.165, 1.54) is 11.1 Å². The Bertz CT molecular complexity index is 522. The molecule has 1 aromatic carbocycles. The van der Waals surface area contributed by atoms with Crippen molar-refractivity contribution in [3.05, 3.63) is 52.7 Å². The molecule has 3 nitrogen and oxygen atoms in total. The van der Waals surface area contributed by atoms with Gasteiger partial charge in [0, 0.05) is 19.4 Å². The number of oxazole rings is 1. The largest absolute Gasteiger partial charge is 0.444 e. The molecule has 0 fully saturated rings. The molecule has 1 aliphatic rings. The molecule has 18 heavy (non-hydrogen) atoms. The third-order valence-electron chi connectivity index (χ3n) is 3.36.